The van der Waals surface area contributed by atoms with Gasteiger partial charge in [0.25, 0.3) is 0 Å². The normalized spacial score (nSPS) is 23.4. The van der Waals surface area contributed by atoms with Crippen LogP contribution in [0.1, 0.15) is 60.3 Å². The minimum Gasteiger partial charge on any atom is -0.511 e. The molecule has 47 heavy (non-hydrogen) atoms. The number of aliphatic hydroxyl groups excluding tert-OH is 1. The first-order valence-electron chi connectivity index (χ1n) is 15.7. The molecule has 8 bridgehead atoms. The lowest BCUT2D eigenvalue weighted by Gasteiger charge is -2.17. The lowest BCUT2D eigenvalue weighted by atomic mass is 9.86. The largest absolute Gasteiger partial charge is 0.511 e. The Morgan fingerprint density at radius 3 is 2.45 bits per heavy atom. The van der Waals surface area contributed by atoms with Gasteiger partial charge in [0.05, 0.1) is 48.4 Å². The number of esters is 2. The van der Waals surface area contributed by atoms with Crippen LogP contribution in [-0.2, 0) is 19.1 Å². The van der Waals surface area contributed by atoms with Crippen molar-refractivity contribution in [2.45, 2.75) is 60.3 Å². The third kappa shape index (κ3) is 5.26. The van der Waals surface area contributed by atoms with Crippen LogP contribution in [-0.4, -0.2) is 48.4 Å². The smallest absolute Gasteiger partial charge is 0.348 e. The van der Waals surface area contributed by atoms with Crippen molar-refractivity contribution in [1.29, 1.82) is 5.26 Å². The van der Waals surface area contributed by atoms with E-state index in [1.165, 1.54) is 20.3 Å². The van der Waals surface area contributed by atoms with Crippen molar-refractivity contribution in [3.05, 3.63) is 103 Å². The Balaban J connectivity index is 1.61. The van der Waals surface area contributed by atoms with Crippen molar-refractivity contribution in [2.24, 2.45) is 26.8 Å². The molecule has 1 aliphatic carbocycles. The molecule has 0 aromatic rings. The van der Waals surface area contributed by atoms with Crippen LogP contribution in [0.25, 0.3) is 0 Å². The van der Waals surface area contributed by atoms with E-state index in [1.807, 2.05) is 45.1 Å². The Hall–Kier alpha value is -5.30. The number of nitrogens with one attached hydrogen (secondary N) is 1. The first-order valence-corrected chi connectivity index (χ1v) is 15.7. The van der Waals surface area contributed by atoms with E-state index >= 15 is 0 Å². The molecule has 2 N–H and O–H groups in total. The molecule has 6 rings (SSSR count). The molecule has 0 unspecified atom stereocenters. The predicted octanol–water partition coefficient (Wildman–Crippen LogP) is 6.23. The van der Waals surface area contributed by atoms with Crippen LogP contribution in [0.2, 0.25) is 0 Å². The van der Waals surface area contributed by atoms with Gasteiger partial charge in [-0.2, -0.15) is 5.26 Å². The fourth-order valence-corrected chi connectivity index (χ4v) is 7.07. The van der Waals surface area contributed by atoms with Crippen molar-refractivity contribution in [3.8, 4) is 6.07 Å². The van der Waals surface area contributed by atoms with E-state index in [4.69, 9.17) is 24.5 Å². The molecule has 1 fully saturated rings. The average molecular weight is 632 g/mol. The zero-order chi connectivity index (χ0) is 33.7. The van der Waals surface area contributed by atoms with Gasteiger partial charge in [-0.1, -0.05) is 13.8 Å². The van der Waals surface area contributed by atoms with Gasteiger partial charge in [-0.3, -0.25) is 4.79 Å². The van der Waals surface area contributed by atoms with Gasteiger partial charge in [0.1, 0.15) is 17.4 Å². The van der Waals surface area contributed by atoms with E-state index in [9.17, 15) is 20.0 Å². The molecule has 0 radical (unpaired) electrons. The molecule has 0 amide bonds. The molecular weight excluding hydrogens is 594 g/mol. The van der Waals surface area contributed by atoms with Gasteiger partial charge in [0, 0.05) is 52.8 Å². The lowest BCUT2D eigenvalue weighted by Crippen LogP contribution is -2.16. The summed E-state index contributed by atoms with van der Waals surface area (Å²) < 4.78 is 9.83. The minimum atomic E-state index is -0.728. The van der Waals surface area contributed by atoms with Crippen molar-refractivity contribution in [1.82, 2.24) is 5.32 Å². The monoisotopic (exact) mass is 631 g/mol. The molecule has 5 aliphatic heterocycles. The first kappa shape index (κ1) is 31.7. The van der Waals surface area contributed by atoms with Crippen molar-refractivity contribution in [3.63, 3.8) is 0 Å². The fraction of sp³-hybridized carbons (Fsp3) is 0.351. The number of allylic oxidation sites excluding steroid dienone is 12. The van der Waals surface area contributed by atoms with Crippen LogP contribution in [0, 0.1) is 23.2 Å². The average Bonchev–Trinajstić information content (AvgIpc) is 3.81. The summed E-state index contributed by atoms with van der Waals surface area (Å²) in [5.74, 6) is -0.852. The van der Waals surface area contributed by atoms with Crippen LogP contribution in [0.3, 0.4) is 0 Å². The third-order valence-corrected chi connectivity index (χ3v) is 9.80. The van der Waals surface area contributed by atoms with Gasteiger partial charge in [0.2, 0.25) is 0 Å². The standard InChI is InChI=1S/C37H37N5O5/c1-8-22-17(2)27-14-31-24(11-21(16-38)37(45)47-7)19(4)26(40-31)13-28-18(3)23(9-10-33(44)46-6)35(41-28)25-12-32(43)34-20(5)29(42-36(25)34)15-30(22)39-27/h11,13-15,18,23,41,43H,8-10,12H2,1-7H3/b21-11-,28-13?,30-15?,31-14?,35-25?/t18-,23-/m0/s1. The number of nitrogens with zero attached hydrogens (tertiary/aromatic N) is 4. The number of hydrogen-bond acceptors (Lipinski definition) is 10. The maximum absolute atomic E-state index is 12.4. The van der Waals surface area contributed by atoms with E-state index in [0.29, 0.717) is 29.8 Å². The highest BCUT2D eigenvalue weighted by molar-refractivity contribution is 6.21. The predicted molar refractivity (Wildman–Crippen MR) is 179 cm³/mol. The molecule has 5 heterocycles. The molecule has 240 valence electrons. The first-order chi connectivity index (χ1) is 22.5. The SMILES string of the molecule is CCC1=C(C)C2=NC1=CC1=C(C)C3=C(O)CC(=C4NC(=CC5=NC(=C2)C(/C=C(/C#N)C(=O)OC)=C5C)[C@@H](C)[C@@H]4CCC(=O)OC)C3=N1. The summed E-state index contributed by atoms with van der Waals surface area (Å²) in [6.45, 7) is 10.1. The fourth-order valence-electron chi connectivity index (χ4n) is 7.07. The number of ether oxygens (including phenoxy) is 2. The Morgan fingerprint density at radius 2 is 1.77 bits per heavy atom. The number of hydrogen-bond donors (Lipinski definition) is 2. The second-order valence-electron chi connectivity index (χ2n) is 12.3. The number of carbonyl (C=O) groups is 2. The van der Waals surface area contributed by atoms with E-state index < -0.39 is 5.97 Å². The van der Waals surface area contributed by atoms with Crippen molar-refractivity contribution in [2.75, 3.05) is 14.2 Å². The van der Waals surface area contributed by atoms with Crippen LogP contribution >= 0.6 is 0 Å². The number of fused-ring (bicyclic) bond motifs is 5. The molecule has 10 heteroatoms. The summed E-state index contributed by atoms with van der Waals surface area (Å²) in [5.41, 5.74) is 11.9. The van der Waals surface area contributed by atoms with Gasteiger partial charge in [-0.15, -0.1) is 0 Å². The zero-order valence-electron chi connectivity index (χ0n) is 27.7. The molecule has 0 spiro atoms. The number of rotatable bonds is 6. The molecule has 0 aromatic heterocycles. The van der Waals surface area contributed by atoms with Crippen LogP contribution in [0.5, 0.6) is 0 Å². The van der Waals surface area contributed by atoms with Gasteiger partial charge in [0.15, 0.2) is 0 Å². The Kier molecular flexibility index (Phi) is 8.18. The highest BCUT2D eigenvalue weighted by Crippen LogP contribution is 2.46. The summed E-state index contributed by atoms with van der Waals surface area (Å²) in [7, 11) is 2.63. The van der Waals surface area contributed by atoms with E-state index in [1.54, 1.807) is 0 Å². The Labute approximate surface area is 274 Å². The highest BCUT2D eigenvalue weighted by Gasteiger charge is 2.41. The van der Waals surface area contributed by atoms with Gasteiger partial charge in [-0.25, -0.2) is 19.8 Å². The highest BCUT2D eigenvalue weighted by atomic mass is 16.5. The minimum absolute atomic E-state index is 0.0355. The third-order valence-electron chi connectivity index (χ3n) is 9.80. The molecule has 2 atom stereocenters. The number of aliphatic imine (C=N–C) groups is 3. The second-order valence-corrected chi connectivity index (χ2v) is 12.3. The summed E-state index contributed by atoms with van der Waals surface area (Å²) in [6, 6.07) is 1.96. The molecule has 6 aliphatic rings. The number of carbonyl (C=O) groups excluding carboxylic acids is 2. The van der Waals surface area contributed by atoms with E-state index in [2.05, 4.69) is 19.2 Å². The van der Waals surface area contributed by atoms with E-state index in [0.717, 1.165) is 74.1 Å². The summed E-state index contributed by atoms with van der Waals surface area (Å²) in [4.78, 5) is 39.8. The van der Waals surface area contributed by atoms with Gasteiger partial charge in [-0.05, 0) is 80.2 Å². The number of methoxy groups -OCH3 is 2. The molecular formula is C37H37N5O5. The van der Waals surface area contributed by atoms with Crippen LogP contribution < -0.4 is 5.32 Å². The summed E-state index contributed by atoms with van der Waals surface area (Å²) in [5, 5.41) is 24.7. The quantitative estimate of drug-likeness (QED) is 0.201. The molecule has 10 nitrogen and oxygen atoms in total. The second kappa shape index (κ2) is 12.1. The summed E-state index contributed by atoms with van der Waals surface area (Å²) in [6.07, 6.45) is 9.23. The van der Waals surface area contributed by atoms with E-state index in [-0.39, 0.29) is 35.6 Å². The topological polar surface area (TPSA) is 146 Å². The number of aliphatic hydroxyl groups is 1. The maximum atomic E-state index is 12.4. The van der Waals surface area contributed by atoms with Crippen molar-refractivity contribution < 1.29 is 24.2 Å². The molecule has 0 saturated carbocycles. The van der Waals surface area contributed by atoms with Crippen LogP contribution in [0.15, 0.2) is 118 Å². The maximum Gasteiger partial charge on any atom is 0.348 e. The lowest BCUT2D eigenvalue weighted by molar-refractivity contribution is -0.141. The van der Waals surface area contributed by atoms with Crippen LogP contribution in [0.4, 0.5) is 0 Å². The zero-order valence-corrected chi connectivity index (χ0v) is 27.7. The van der Waals surface area contributed by atoms with Gasteiger partial charge < -0.3 is 19.9 Å². The Bertz CT molecular complexity index is 1980. The Morgan fingerprint density at radius 1 is 1.04 bits per heavy atom. The van der Waals surface area contributed by atoms with Gasteiger partial charge >= 0.3 is 11.9 Å². The summed E-state index contributed by atoms with van der Waals surface area (Å²) >= 11 is 0. The molecule has 1 saturated heterocycles. The number of nitriles is 1. The molecule has 0 aromatic carbocycles. The van der Waals surface area contributed by atoms with Crippen molar-refractivity contribution >= 4 is 29.1 Å².